The molecule has 3 N–H and O–H groups in total. The van der Waals surface area contributed by atoms with Crippen molar-refractivity contribution in [1.29, 1.82) is 0 Å². The van der Waals surface area contributed by atoms with Gasteiger partial charge in [-0.05, 0) is 44.3 Å². The van der Waals surface area contributed by atoms with Gasteiger partial charge in [-0.25, -0.2) is 0 Å². The highest BCUT2D eigenvalue weighted by atomic mass is 16.1. The van der Waals surface area contributed by atoms with Gasteiger partial charge in [-0.15, -0.1) is 0 Å². The van der Waals surface area contributed by atoms with Crippen molar-refractivity contribution in [3.63, 3.8) is 0 Å². The van der Waals surface area contributed by atoms with Crippen molar-refractivity contribution in [3.8, 4) is 0 Å². The first-order valence-corrected chi connectivity index (χ1v) is 7.72. The van der Waals surface area contributed by atoms with Crippen molar-refractivity contribution in [2.75, 3.05) is 27.2 Å². The van der Waals surface area contributed by atoms with Crippen LogP contribution in [0.3, 0.4) is 0 Å². The van der Waals surface area contributed by atoms with Crippen LogP contribution in [0.1, 0.15) is 25.3 Å². The number of nitrogens with zero attached hydrogens (tertiary/aromatic N) is 1. The van der Waals surface area contributed by atoms with Crippen LogP contribution in [0, 0.1) is 11.8 Å². The Kier molecular flexibility index (Phi) is 5.01. The van der Waals surface area contributed by atoms with Crippen LogP contribution in [0.5, 0.6) is 0 Å². The Morgan fingerprint density at radius 3 is 2.52 bits per heavy atom. The molecule has 3 unspecified atom stereocenters. The fourth-order valence-electron chi connectivity index (χ4n) is 3.03. The van der Waals surface area contributed by atoms with Gasteiger partial charge in [-0.2, -0.15) is 0 Å². The molecule has 116 valence electrons. The van der Waals surface area contributed by atoms with Crippen LogP contribution >= 0.6 is 0 Å². The minimum absolute atomic E-state index is 0.315. The van der Waals surface area contributed by atoms with E-state index in [9.17, 15) is 4.79 Å². The summed E-state index contributed by atoms with van der Waals surface area (Å²) in [7, 11) is 3.93. The molecule has 4 nitrogen and oxygen atoms in total. The highest BCUT2D eigenvalue weighted by Gasteiger charge is 2.38. The van der Waals surface area contributed by atoms with Crippen LogP contribution in [0.15, 0.2) is 30.3 Å². The molecule has 1 aliphatic carbocycles. The minimum atomic E-state index is -0.787. The zero-order valence-corrected chi connectivity index (χ0v) is 13.3. The second kappa shape index (κ2) is 6.58. The van der Waals surface area contributed by atoms with Crippen molar-refractivity contribution < 1.29 is 4.79 Å². The van der Waals surface area contributed by atoms with Gasteiger partial charge in [0.2, 0.25) is 5.91 Å². The van der Waals surface area contributed by atoms with Crippen LogP contribution in [0.2, 0.25) is 0 Å². The molecule has 0 aliphatic heterocycles. The summed E-state index contributed by atoms with van der Waals surface area (Å²) in [5.41, 5.74) is 5.87. The third-order valence-electron chi connectivity index (χ3n) is 4.80. The standard InChI is InChI=1S/C17H27N3O/c1-13-11-14(13)12-20(3)10-9-17(19-2,16(18)21)15-7-5-4-6-8-15/h4-8,13-14,19H,9-12H2,1-3H3,(H2,18,21). The molecule has 0 heterocycles. The highest BCUT2D eigenvalue weighted by molar-refractivity contribution is 5.86. The van der Waals surface area contributed by atoms with Crippen LogP contribution in [-0.2, 0) is 10.3 Å². The fourth-order valence-corrected chi connectivity index (χ4v) is 3.03. The monoisotopic (exact) mass is 289 g/mol. The lowest BCUT2D eigenvalue weighted by Crippen LogP contribution is -2.52. The number of hydrogen-bond acceptors (Lipinski definition) is 3. The van der Waals surface area contributed by atoms with E-state index in [-0.39, 0.29) is 5.91 Å². The van der Waals surface area contributed by atoms with Crippen molar-refractivity contribution in [3.05, 3.63) is 35.9 Å². The Labute approximate surface area is 127 Å². The summed E-state index contributed by atoms with van der Waals surface area (Å²) >= 11 is 0. The van der Waals surface area contributed by atoms with Crippen molar-refractivity contribution >= 4 is 5.91 Å². The van der Waals surface area contributed by atoms with E-state index in [1.54, 1.807) is 7.05 Å². The predicted octanol–water partition coefficient (Wildman–Crippen LogP) is 1.56. The maximum absolute atomic E-state index is 12.1. The topological polar surface area (TPSA) is 58.4 Å². The second-order valence-corrected chi connectivity index (χ2v) is 6.37. The van der Waals surface area contributed by atoms with Gasteiger partial charge in [0.15, 0.2) is 0 Å². The normalized spacial score (nSPS) is 23.8. The zero-order valence-electron chi connectivity index (χ0n) is 13.3. The Morgan fingerprint density at radius 2 is 2.05 bits per heavy atom. The largest absolute Gasteiger partial charge is 0.368 e. The van der Waals surface area contributed by atoms with Crippen LogP contribution in [0.25, 0.3) is 0 Å². The summed E-state index contributed by atoms with van der Waals surface area (Å²) in [5, 5.41) is 3.16. The number of benzene rings is 1. The fraction of sp³-hybridized carbons (Fsp3) is 0.588. The molecule has 1 aliphatic rings. The summed E-state index contributed by atoms with van der Waals surface area (Å²) < 4.78 is 0. The Balaban J connectivity index is 2.04. The summed E-state index contributed by atoms with van der Waals surface area (Å²) in [6.07, 6.45) is 2.01. The van der Waals surface area contributed by atoms with Gasteiger partial charge < -0.3 is 16.0 Å². The second-order valence-electron chi connectivity index (χ2n) is 6.37. The van der Waals surface area contributed by atoms with E-state index in [4.69, 9.17) is 5.73 Å². The Bertz CT molecular complexity index is 476. The minimum Gasteiger partial charge on any atom is -0.368 e. The molecule has 2 rings (SSSR count). The van der Waals surface area contributed by atoms with E-state index in [0.29, 0.717) is 6.42 Å². The van der Waals surface area contributed by atoms with Crippen LogP contribution in [0.4, 0.5) is 0 Å². The average Bonchev–Trinajstić information content (AvgIpc) is 3.16. The van der Waals surface area contributed by atoms with Gasteiger partial charge in [-0.1, -0.05) is 37.3 Å². The third-order valence-corrected chi connectivity index (χ3v) is 4.80. The van der Waals surface area contributed by atoms with E-state index in [1.165, 1.54) is 6.42 Å². The maximum Gasteiger partial charge on any atom is 0.242 e. The molecule has 1 saturated carbocycles. The number of nitrogens with one attached hydrogen (secondary N) is 1. The van der Waals surface area contributed by atoms with Crippen LogP contribution < -0.4 is 11.1 Å². The lowest BCUT2D eigenvalue weighted by molar-refractivity contribution is -0.125. The third kappa shape index (κ3) is 3.63. The molecule has 1 fully saturated rings. The lowest BCUT2D eigenvalue weighted by Gasteiger charge is -2.32. The van der Waals surface area contributed by atoms with Gasteiger partial charge >= 0.3 is 0 Å². The SMILES string of the molecule is CNC(CCN(C)CC1CC1C)(C(N)=O)c1ccccc1. The van der Waals surface area contributed by atoms with E-state index < -0.39 is 5.54 Å². The molecule has 1 amide bonds. The summed E-state index contributed by atoms with van der Waals surface area (Å²) in [6.45, 7) is 4.25. The van der Waals surface area contributed by atoms with Gasteiger partial charge in [0.05, 0.1) is 0 Å². The molecule has 1 aromatic rings. The summed E-state index contributed by atoms with van der Waals surface area (Å²) in [4.78, 5) is 14.4. The van der Waals surface area contributed by atoms with E-state index in [1.807, 2.05) is 30.3 Å². The number of carbonyl (C=O) groups excluding carboxylic acids is 1. The number of hydrogen-bond donors (Lipinski definition) is 2. The molecular weight excluding hydrogens is 262 g/mol. The van der Waals surface area contributed by atoms with Crippen LogP contribution in [-0.4, -0.2) is 38.0 Å². The van der Waals surface area contributed by atoms with Gasteiger partial charge in [0.25, 0.3) is 0 Å². The molecule has 0 saturated heterocycles. The van der Waals surface area contributed by atoms with E-state index in [2.05, 4.69) is 24.2 Å². The Hall–Kier alpha value is -1.39. The first-order valence-electron chi connectivity index (χ1n) is 7.72. The number of nitrogens with two attached hydrogens (primary N) is 1. The molecule has 1 aromatic carbocycles. The van der Waals surface area contributed by atoms with Crippen molar-refractivity contribution in [2.45, 2.75) is 25.3 Å². The predicted molar refractivity (Wildman–Crippen MR) is 85.8 cm³/mol. The first-order chi connectivity index (χ1) is 9.99. The van der Waals surface area contributed by atoms with Crippen molar-refractivity contribution in [2.24, 2.45) is 17.6 Å². The van der Waals surface area contributed by atoms with Gasteiger partial charge in [0, 0.05) is 13.1 Å². The van der Waals surface area contributed by atoms with Gasteiger partial charge in [-0.3, -0.25) is 4.79 Å². The van der Waals surface area contributed by atoms with Crippen molar-refractivity contribution in [1.82, 2.24) is 10.2 Å². The molecule has 3 atom stereocenters. The van der Waals surface area contributed by atoms with Gasteiger partial charge in [0.1, 0.15) is 5.54 Å². The maximum atomic E-state index is 12.1. The first kappa shape index (κ1) is 16.0. The molecular formula is C17H27N3O. The number of likely N-dealkylation sites (N-methyl/N-ethyl adjacent to an activating group) is 1. The Morgan fingerprint density at radius 1 is 1.43 bits per heavy atom. The van der Waals surface area contributed by atoms with E-state index >= 15 is 0 Å². The highest BCUT2D eigenvalue weighted by Crippen LogP contribution is 2.38. The number of amides is 1. The van der Waals surface area contributed by atoms with E-state index in [0.717, 1.165) is 30.5 Å². The molecule has 4 heteroatoms. The quantitative estimate of drug-likeness (QED) is 0.763. The summed E-state index contributed by atoms with van der Waals surface area (Å²) in [6, 6.07) is 9.76. The molecule has 0 radical (unpaired) electrons. The lowest BCUT2D eigenvalue weighted by atomic mass is 9.85. The number of carbonyl (C=O) groups is 1. The number of primary amides is 1. The molecule has 0 aromatic heterocycles. The molecule has 0 spiro atoms. The average molecular weight is 289 g/mol. The molecule has 21 heavy (non-hydrogen) atoms. The number of rotatable bonds is 8. The molecule has 0 bridgehead atoms. The summed E-state index contributed by atoms with van der Waals surface area (Å²) in [5.74, 6) is 1.36. The zero-order chi connectivity index (χ0) is 15.5. The smallest absolute Gasteiger partial charge is 0.242 e.